The Bertz CT molecular complexity index is 1270. The summed E-state index contributed by atoms with van der Waals surface area (Å²) in [5.41, 5.74) is 4.07. The quantitative estimate of drug-likeness (QED) is 0.386. The standard InChI is InChI=1S/C24H27N5O2.C2HF3O2/c1-17-4-2-5-18(12-17)13-23(30)27-21-15-26-29(16-21)22-7-3-6-19(14-22)24(31)28-20-8-10-25-11-9-20;3-2(4,5)1(6)7/h2-7,12,14-16,20,25H,8-11,13H2,1H3,(H,27,30)(H,28,31);(H,6,7). The van der Waals surface area contributed by atoms with Crippen molar-refractivity contribution in [3.8, 4) is 5.69 Å². The van der Waals surface area contributed by atoms with Crippen molar-refractivity contribution in [2.24, 2.45) is 0 Å². The van der Waals surface area contributed by atoms with E-state index in [1.165, 1.54) is 0 Å². The highest BCUT2D eigenvalue weighted by atomic mass is 19.4. The van der Waals surface area contributed by atoms with Crippen molar-refractivity contribution < 1.29 is 32.7 Å². The van der Waals surface area contributed by atoms with E-state index < -0.39 is 12.1 Å². The number of carbonyl (C=O) groups is 3. The van der Waals surface area contributed by atoms with Crippen molar-refractivity contribution in [1.29, 1.82) is 0 Å². The Morgan fingerprint density at radius 1 is 1.11 bits per heavy atom. The largest absolute Gasteiger partial charge is 0.490 e. The summed E-state index contributed by atoms with van der Waals surface area (Å²) in [6, 6.07) is 15.4. The summed E-state index contributed by atoms with van der Waals surface area (Å²) < 4.78 is 33.4. The topological polar surface area (TPSA) is 125 Å². The Morgan fingerprint density at radius 2 is 1.79 bits per heavy atom. The number of piperidine rings is 1. The van der Waals surface area contributed by atoms with E-state index in [1.807, 2.05) is 49.4 Å². The van der Waals surface area contributed by atoms with Crippen LogP contribution >= 0.6 is 0 Å². The van der Waals surface area contributed by atoms with Crippen LogP contribution in [-0.2, 0) is 16.0 Å². The van der Waals surface area contributed by atoms with Gasteiger partial charge in [0.15, 0.2) is 0 Å². The summed E-state index contributed by atoms with van der Waals surface area (Å²) in [5, 5.41) is 20.8. The number of benzene rings is 2. The second-order valence-electron chi connectivity index (χ2n) is 8.74. The fourth-order valence-corrected chi connectivity index (χ4v) is 3.77. The first-order valence-electron chi connectivity index (χ1n) is 11.8. The Balaban J connectivity index is 0.000000505. The minimum absolute atomic E-state index is 0.0763. The molecule has 0 radical (unpaired) electrons. The lowest BCUT2D eigenvalue weighted by atomic mass is 10.1. The fourth-order valence-electron chi connectivity index (χ4n) is 3.77. The molecule has 3 aromatic rings. The molecule has 2 amide bonds. The molecule has 12 heteroatoms. The molecule has 9 nitrogen and oxygen atoms in total. The average Bonchev–Trinajstić information content (AvgIpc) is 3.33. The smallest absolute Gasteiger partial charge is 0.475 e. The second kappa shape index (κ2) is 12.9. The number of nitrogens with one attached hydrogen (secondary N) is 3. The lowest BCUT2D eigenvalue weighted by Gasteiger charge is -2.23. The van der Waals surface area contributed by atoms with Gasteiger partial charge in [0.1, 0.15) is 0 Å². The number of carboxylic acids is 1. The molecule has 1 aliphatic heterocycles. The highest BCUT2D eigenvalue weighted by Gasteiger charge is 2.38. The van der Waals surface area contributed by atoms with Crippen molar-refractivity contribution in [1.82, 2.24) is 20.4 Å². The molecule has 1 fully saturated rings. The van der Waals surface area contributed by atoms with Gasteiger partial charge in [-0.1, -0.05) is 35.9 Å². The lowest BCUT2D eigenvalue weighted by Crippen LogP contribution is -2.42. The van der Waals surface area contributed by atoms with E-state index in [2.05, 4.69) is 21.0 Å². The molecule has 4 N–H and O–H groups in total. The van der Waals surface area contributed by atoms with E-state index in [4.69, 9.17) is 9.90 Å². The van der Waals surface area contributed by atoms with Gasteiger partial charge in [0.05, 0.1) is 30.2 Å². The Labute approximate surface area is 217 Å². The summed E-state index contributed by atoms with van der Waals surface area (Å²) in [5.74, 6) is -2.93. The SMILES string of the molecule is Cc1cccc(CC(=O)Nc2cnn(-c3cccc(C(=O)NC4CCNCC4)c3)c2)c1.O=C(O)C(F)(F)F. The number of hydrogen-bond donors (Lipinski definition) is 4. The minimum Gasteiger partial charge on any atom is -0.475 e. The molecule has 1 aromatic heterocycles. The van der Waals surface area contributed by atoms with Gasteiger partial charge in [-0.2, -0.15) is 18.3 Å². The van der Waals surface area contributed by atoms with Gasteiger partial charge in [0.25, 0.3) is 5.91 Å². The predicted molar refractivity (Wildman–Crippen MR) is 134 cm³/mol. The number of alkyl halides is 3. The first-order valence-corrected chi connectivity index (χ1v) is 11.8. The van der Waals surface area contributed by atoms with Crippen LogP contribution in [0.4, 0.5) is 18.9 Å². The van der Waals surface area contributed by atoms with Crippen LogP contribution in [0, 0.1) is 6.92 Å². The van der Waals surface area contributed by atoms with E-state index in [-0.39, 0.29) is 17.9 Å². The summed E-state index contributed by atoms with van der Waals surface area (Å²) in [7, 11) is 0. The fraction of sp³-hybridized carbons (Fsp3) is 0.308. The third-order valence-electron chi connectivity index (χ3n) is 5.60. The summed E-state index contributed by atoms with van der Waals surface area (Å²) in [6.45, 7) is 3.86. The molecule has 38 heavy (non-hydrogen) atoms. The molecule has 0 unspecified atom stereocenters. The van der Waals surface area contributed by atoms with E-state index in [9.17, 15) is 22.8 Å². The molecule has 0 aliphatic carbocycles. The zero-order chi connectivity index (χ0) is 27.7. The first kappa shape index (κ1) is 28.4. The number of nitrogens with zero attached hydrogens (tertiary/aromatic N) is 2. The average molecular weight is 532 g/mol. The van der Waals surface area contributed by atoms with Gasteiger partial charge in [0.2, 0.25) is 5.91 Å². The summed E-state index contributed by atoms with van der Waals surface area (Å²) in [4.78, 5) is 33.9. The predicted octanol–water partition coefficient (Wildman–Crippen LogP) is 3.48. The van der Waals surface area contributed by atoms with E-state index in [0.29, 0.717) is 17.7 Å². The van der Waals surface area contributed by atoms with Crippen LogP contribution in [0.2, 0.25) is 0 Å². The van der Waals surface area contributed by atoms with Crippen LogP contribution in [0.3, 0.4) is 0 Å². The number of aryl methyl sites for hydroxylation is 1. The van der Waals surface area contributed by atoms with Crippen molar-refractivity contribution in [2.45, 2.75) is 38.4 Å². The van der Waals surface area contributed by atoms with Crippen LogP contribution in [0.15, 0.2) is 60.9 Å². The molecular formula is C26H28F3N5O4. The van der Waals surface area contributed by atoms with E-state index in [0.717, 1.165) is 42.7 Å². The molecule has 1 aliphatic rings. The number of carbonyl (C=O) groups excluding carboxylic acids is 2. The molecule has 202 valence electrons. The zero-order valence-corrected chi connectivity index (χ0v) is 20.6. The molecule has 1 saturated heterocycles. The Hall–Kier alpha value is -4.19. The van der Waals surface area contributed by atoms with Gasteiger partial charge in [-0.15, -0.1) is 0 Å². The van der Waals surface area contributed by atoms with Crippen molar-refractivity contribution in [3.63, 3.8) is 0 Å². The van der Waals surface area contributed by atoms with Crippen LogP contribution < -0.4 is 16.0 Å². The number of amides is 2. The van der Waals surface area contributed by atoms with Gasteiger partial charge in [0, 0.05) is 11.6 Å². The summed E-state index contributed by atoms with van der Waals surface area (Å²) >= 11 is 0. The third-order valence-corrected chi connectivity index (χ3v) is 5.60. The van der Waals surface area contributed by atoms with Gasteiger partial charge in [-0.3, -0.25) is 9.59 Å². The molecule has 0 atom stereocenters. The highest BCUT2D eigenvalue weighted by Crippen LogP contribution is 2.15. The molecule has 4 rings (SSSR count). The third kappa shape index (κ3) is 8.73. The normalized spacial score (nSPS) is 13.7. The maximum absolute atomic E-state index is 12.6. The number of hydrogen-bond acceptors (Lipinski definition) is 5. The molecular weight excluding hydrogens is 503 g/mol. The first-order chi connectivity index (χ1) is 18.0. The number of aliphatic carboxylic acids is 1. The number of carboxylic acid groups (broad SMARTS) is 1. The minimum atomic E-state index is -5.08. The molecule has 0 spiro atoms. The van der Waals surface area contributed by atoms with Gasteiger partial charge >= 0.3 is 12.1 Å². The lowest BCUT2D eigenvalue weighted by molar-refractivity contribution is -0.192. The van der Waals surface area contributed by atoms with Crippen LogP contribution in [0.1, 0.15) is 34.3 Å². The van der Waals surface area contributed by atoms with Gasteiger partial charge < -0.3 is 21.1 Å². The second-order valence-corrected chi connectivity index (χ2v) is 8.74. The number of rotatable bonds is 6. The van der Waals surface area contributed by atoms with Crippen molar-refractivity contribution >= 4 is 23.5 Å². The van der Waals surface area contributed by atoms with Crippen LogP contribution in [0.5, 0.6) is 0 Å². The number of anilines is 1. The van der Waals surface area contributed by atoms with E-state index in [1.54, 1.807) is 23.1 Å². The molecule has 2 heterocycles. The maximum Gasteiger partial charge on any atom is 0.490 e. The zero-order valence-electron chi connectivity index (χ0n) is 20.6. The monoisotopic (exact) mass is 531 g/mol. The molecule has 0 saturated carbocycles. The van der Waals surface area contributed by atoms with Gasteiger partial charge in [-0.05, 0) is 56.6 Å². The Kier molecular flexibility index (Phi) is 9.61. The van der Waals surface area contributed by atoms with Gasteiger partial charge in [-0.25, -0.2) is 9.48 Å². The Morgan fingerprint density at radius 3 is 2.45 bits per heavy atom. The molecule has 0 bridgehead atoms. The van der Waals surface area contributed by atoms with Crippen LogP contribution in [-0.4, -0.2) is 58.0 Å². The van der Waals surface area contributed by atoms with Crippen molar-refractivity contribution in [2.75, 3.05) is 18.4 Å². The molecule has 2 aromatic carbocycles. The summed E-state index contributed by atoms with van der Waals surface area (Å²) in [6.07, 6.45) is 0.458. The maximum atomic E-state index is 12.6. The van der Waals surface area contributed by atoms with Crippen LogP contribution in [0.25, 0.3) is 5.69 Å². The highest BCUT2D eigenvalue weighted by molar-refractivity contribution is 5.95. The van der Waals surface area contributed by atoms with Crippen molar-refractivity contribution in [3.05, 3.63) is 77.6 Å². The number of aromatic nitrogens is 2. The number of halogens is 3. The van der Waals surface area contributed by atoms with E-state index >= 15 is 0 Å².